The lowest BCUT2D eigenvalue weighted by molar-refractivity contribution is 0.768. The molecule has 0 bridgehead atoms. The van der Waals surface area contributed by atoms with Crippen molar-refractivity contribution in [2.45, 2.75) is 5.41 Å². The van der Waals surface area contributed by atoms with E-state index >= 15 is 0 Å². The molecule has 1 heterocycles. The van der Waals surface area contributed by atoms with Gasteiger partial charge in [0.25, 0.3) is 0 Å². The minimum Gasteiger partial charge on any atom is -0.355 e. The lowest BCUT2D eigenvalue weighted by Crippen LogP contribution is -2.28. The van der Waals surface area contributed by atoms with Crippen LogP contribution in [0.15, 0.2) is 206 Å². The molecule has 11 rings (SSSR count). The molecule has 10 aromatic rings. The molecular formula is C53H35NS. The third-order valence-corrected chi connectivity index (χ3v) is 12.8. The van der Waals surface area contributed by atoms with Crippen LogP contribution in [0, 0.1) is 0 Å². The monoisotopic (exact) mass is 717 g/mol. The van der Waals surface area contributed by atoms with E-state index in [1.54, 1.807) is 0 Å². The third kappa shape index (κ3) is 4.92. The molecule has 258 valence electrons. The molecule has 1 N–H and O–H groups in total. The molecule has 0 fully saturated rings. The standard InChI is InChI=1S/C53H35NS/c1-3-15-38(16-4-1)53(39-17-5-2-6-18-39)48-24-11-9-21-44(48)47-34-37(29-33-49(47)53)41-19-10-12-25-50(41)54-40-30-26-36(27-31-40)43-22-13-23-45-46-32-28-35-14-7-8-20-42(35)52(46)55-51(43)45/h1-34,54H. The molecule has 0 saturated carbocycles. The molecule has 0 saturated heterocycles. The molecule has 0 unspecified atom stereocenters. The number of hydrogen-bond acceptors (Lipinski definition) is 2. The highest BCUT2D eigenvalue weighted by molar-refractivity contribution is 7.27. The van der Waals surface area contributed by atoms with E-state index in [0.717, 1.165) is 11.4 Å². The van der Waals surface area contributed by atoms with Gasteiger partial charge in [0, 0.05) is 37.1 Å². The van der Waals surface area contributed by atoms with Gasteiger partial charge in [-0.05, 0) is 85.1 Å². The number of nitrogens with one attached hydrogen (secondary N) is 1. The predicted molar refractivity (Wildman–Crippen MR) is 235 cm³/mol. The van der Waals surface area contributed by atoms with Crippen molar-refractivity contribution in [2.24, 2.45) is 0 Å². The average molecular weight is 718 g/mol. The van der Waals surface area contributed by atoms with Gasteiger partial charge in [-0.25, -0.2) is 0 Å². The molecule has 1 aliphatic carbocycles. The SMILES string of the molecule is c1ccc(C2(c3ccccc3)c3ccccc3-c3cc(-c4ccccc4Nc4ccc(-c5cccc6c5sc5c7ccccc7ccc65)cc4)ccc32)cc1. The highest BCUT2D eigenvalue weighted by atomic mass is 32.1. The van der Waals surface area contributed by atoms with Crippen LogP contribution in [0.2, 0.25) is 0 Å². The van der Waals surface area contributed by atoms with E-state index in [9.17, 15) is 0 Å². The Kier molecular flexibility index (Phi) is 7.33. The Morgan fingerprint density at radius 2 is 0.964 bits per heavy atom. The number of thiophene rings is 1. The Labute approximate surface area is 324 Å². The quantitative estimate of drug-likeness (QED) is 0.181. The lowest BCUT2D eigenvalue weighted by atomic mass is 9.67. The largest absolute Gasteiger partial charge is 0.355 e. The number of rotatable bonds is 6. The number of benzene rings is 9. The fraction of sp³-hybridized carbons (Fsp3) is 0.0189. The Balaban J connectivity index is 0.970. The molecule has 9 aromatic carbocycles. The Morgan fingerprint density at radius 3 is 1.76 bits per heavy atom. The van der Waals surface area contributed by atoms with Crippen molar-refractivity contribution < 1.29 is 0 Å². The number of para-hydroxylation sites is 1. The third-order valence-electron chi connectivity index (χ3n) is 11.6. The molecule has 1 aromatic heterocycles. The molecular weight excluding hydrogens is 683 g/mol. The van der Waals surface area contributed by atoms with Crippen molar-refractivity contribution in [3.8, 4) is 33.4 Å². The average Bonchev–Trinajstić information content (AvgIpc) is 3.79. The molecule has 0 radical (unpaired) electrons. The Bertz CT molecular complexity index is 3010. The maximum Gasteiger partial charge on any atom is 0.0713 e. The Hall–Kier alpha value is -6.74. The summed E-state index contributed by atoms with van der Waals surface area (Å²) in [5.41, 5.74) is 14.4. The van der Waals surface area contributed by atoms with Gasteiger partial charge in [-0.3, -0.25) is 0 Å². The van der Waals surface area contributed by atoms with Gasteiger partial charge in [0.15, 0.2) is 0 Å². The first-order valence-electron chi connectivity index (χ1n) is 18.9. The highest BCUT2D eigenvalue weighted by Gasteiger charge is 2.45. The van der Waals surface area contributed by atoms with Crippen LogP contribution in [0.25, 0.3) is 64.3 Å². The summed E-state index contributed by atoms with van der Waals surface area (Å²) in [5, 5.41) is 9.05. The summed E-state index contributed by atoms with van der Waals surface area (Å²) in [4.78, 5) is 0. The van der Waals surface area contributed by atoms with Gasteiger partial charge < -0.3 is 5.32 Å². The van der Waals surface area contributed by atoms with Crippen LogP contribution in [0.1, 0.15) is 22.3 Å². The van der Waals surface area contributed by atoms with Crippen LogP contribution >= 0.6 is 11.3 Å². The van der Waals surface area contributed by atoms with Crippen LogP contribution < -0.4 is 5.32 Å². The van der Waals surface area contributed by atoms with E-state index in [2.05, 4.69) is 212 Å². The van der Waals surface area contributed by atoms with E-state index in [0.29, 0.717) is 0 Å². The van der Waals surface area contributed by atoms with Crippen molar-refractivity contribution in [3.63, 3.8) is 0 Å². The fourth-order valence-corrected chi connectivity index (χ4v) is 10.5. The number of fused-ring (bicyclic) bond motifs is 8. The molecule has 55 heavy (non-hydrogen) atoms. The molecule has 1 aliphatic rings. The normalized spacial score (nSPS) is 12.9. The first kappa shape index (κ1) is 31.8. The first-order chi connectivity index (χ1) is 27.3. The van der Waals surface area contributed by atoms with Gasteiger partial charge in [0.2, 0.25) is 0 Å². The van der Waals surface area contributed by atoms with Crippen LogP contribution in [-0.2, 0) is 5.41 Å². The predicted octanol–water partition coefficient (Wildman–Crippen LogP) is 14.6. The second-order valence-corrected chi connectivity index (χ2v) is 15.5. The molecule has 0 amide bonds. The topological polar surface area (TPSA) is 12.0 Å². The molecule has 0 aliphatic heterocycles. The van der Waals surface area contributed by atoms with Crippen LogP contribution in [0.4, 0.5) is 11.4 Å². The first-order valence-corrected chi connectivity index (χ1v) is 19.7. The van der Waals surface area contributed by atoms with Gasteiger partial charge in [-0.15, -0.1) is 11.3 Å². The zero-order chi connectivity index (χ0) is 36.3. The summed E-state index contributed by atoms with van der Waals surface area (Å²) in [6, 6.07) is 75.6. The van der Waals surface area contributed by atoms with Gasteiger partial charge in [0.05, 0.1) is 5.41 Å². The summed E-state index contributed by atoms with van der Waals surface area (Å²) in [6.45, 7) is 0. The second kappa shape index (κ2) is 12.7. The fourth-order valence-electron chi connectivity index (χ4n) is 9.10. The zero-order valence-corrected chi connectivity index (χ0v) is 30.9. The van der Waals surface area contributed by atoms with Gasteiger partial charge in [0.1, 0.15) is 0 Å². The van der Waals surface area contributed by atoms with Crippen LogP contribution in [-0.4, -0.2) is 0 Å². The van der Waals surface area contributed by atoms with Gasteiger partial charge >= 0.3 is 0 Å². The maximum atomic E-state index is 3.79. The Morgan fingerprint density at radius 1 is 0.364 bits per heavy atom. The van der Waals surface area contributed by atoms with Gasteiger partial charge in [-0.2, -0.15) is 0 Å². The van der Waals surface area contributed by atoms with Crippen molar-refractivity contribution in [2.75, 3.05) is 5.32 Å². The summed E-state index contributed by atoms with van der Waals surface area (Å²) in [7, 11) is 0. The van der Waals surface area contributed by atoms with Crippen molar-refractivity contribution >= 4 is 53.7 Å². The highest BCUT2D eigenvalue weighted by Crippen LogP contribution is 2.56. The number of anilines is 2. The lowest BCUT2D eigenvalue weighted by Gasteiger charge is -2.33. The van der Waals surface area contributed by atoms with Crippen molar-refractivity contribution in [1.29, 1.82) is 0 Å². The number of hydrogen-bond donors (Lipinski definition) is 1. The second-order valence-electron chi connectivity index (χ2n) is 14.5. The summed E-state index contributed by atoms with van der Waals surface area (Å²) < 4.78 is 2.69. The molecule has 0 atom stereocenters. The molecule has 2 heteroatoms. The zero-order valence-electron chi connectivity index (χ0n) is 30.0. The van der Waals surface area contributed by atoms with Crippen molar-refractivity contribution in [3.05, 3.63) is 229 Å². The molecule has 1 nitrogen and oxygen atoms in total. The summed E-state index contributed by atoms with van der Waals surface area (Å²) >= 11 is 1.90. The summed E-state index contributed by atoms with van der Waals surface area (Å²) in [6.07, 6.45) is 0. The smallest absolute Gasteiger partial charge is 0.0713 e. The van der Waals surface area contributed by atoms with E-state index in [1.807, 2.05) is 11.3 Å². The van der Waals surface area contributed by atoms with Gasteiger partial charge in [-0.1, -0.05) is 182 Å². The van der Waals surface area contributed by atoms with Crippen LogP contribution in [0.5, 0.6) is 0 Å². The van der Waals surface area contributed by atoms with E-state index in [4.69, 9.17) is 0 Å². The summed E-state index contributed by atoms with van der Waals surface area (Å²) in [5.74, 6) is 0. The molecule has 0 spiro atoms. The minimum atomic E-state index is -0.402. The van der Waals surface area contributed by atoms with E-state index < -0.39 is 5.41 Å². The van der Waals surface area contributed by atoms with Crippen molar-refractivity contribution in [1.82, 2.24) is 0 Å². The van der Waals surface area contributed by atoms with E-state index in [-0.39, 0.29) is 0 Å². The maximum absolute atomic E-state index is 3.79. The van der Waals surface area contributed by atoms with E-state index in [1.165, 1.54) is 86.6 Å². The van der Waals surface area contributed by atoms with Crippen LogP contribution in [0.3, 0.4) is 0 Å². The minimum absolute atomic E-state index is 0.402.